The number of anilines is 1. The van der Waals surface area contributed by atoms with E-state index >= 15 is 0 Å². The lowest BCUT2D eigenvalue weighted by Gasteiger charge is -2.40. The largest absolute Gasteiger partial charge is 0.370 e. The van der Waals surface area contributed by atoms with Crippen molar-refractivity contribution in [3.63, 3.8) is 0 Å². The van der Waals surface area contributed by atoms with Crippen molar-refractivity contribution in [1.82, 2.24) is 20.5 Å². The number of likely N-dealkylation sites (tertiary alicyclic amines) is 1. The zero-order valence-corrected chi connectivity index (χ0v) is 24.7. The third-order valence-electron chi connectivity index (χ3n) is 7.42. The highest BCUT2D eigenvalue weighted by atomic mass is 16.1. The fraction of sp³-hybridized carbons (Fsp3) is 0.515. The van der Waals surface area contributed by atoms with Crippen molar-refractivity contribution >= 4 is 17.3 Å². The average molecular weight is 532 g/mol. The molecule has 2 fully saturated rings. The number of pyridine rings is 1. The Kier molecular flexibility index (Phi) is 11.2. The van der Waals surface area contributed by atoms with Crippen LogP contribution in [0.4, 0.5) is 5.82 Å². The Hall–Kier alpha value is -3.12. The molecule has 1 aliphatic heterocycles. The molecule has 0 radical (unpaired) electrons. The zero-order valence-electron chi connectivity index (χ0n) is 24.7. The van der Waals surface area contributed by atoms with Gasteiger partial charge in [0, 0.05) is 54.2 Å². The Morgan fingerprint density at radius 3 is 2.54 bits per heavy atom. The number of hydrogen-bond acceptors (Lipinski definition) is 5. The molecule has 6 heteroatoms. The van der Waals surface area contributed by atoms with E-state index in [0.29, 0.717) is 23.7 Å². The number of allylic oxidation sites excluding steroid dienone is 5. The number of aromatic nitrogens is 1. The van der Waals surface area contributed by atoms with Crippen LogP contribution < -0.4 is 16.0 Å². The Labute approximate surface area is 236 Å². The van der Waals surface area contributed by atoms with Crippen molar-refractivity contribution in [2.24, 2.45) is 0 Å². The van der Waals surface area contributed by atoms with Crippen LogP contribution in [0.2, 0.25) is 0 Å². The maximum atomic E-state index is 12.8. The van der Waals surface area contributed by atoms with E-state index in [0.717, 1.165) is 48.6 Å². The molecule has 212 valence electrons. The van der Waals surface area contributed by atoms with E-state index in [1.54, 1.807) is 6.08 Å². The molecular formula is C33H49N5O. The van der Waals surface area contributed by atoms with Gasteiger partial charge in [0.25, 0.3) is 5.91 Å². The SMILES string of the molecule is C=C/C(=C\C(=C/C)c1ccnc(NC2CCCC[C@H]2NC2CCCN(C(=C)/C=C\C)C2)c1)C(=O)NC(C)(C)C. The van der Waals surface area contributed by atoms with E-state index in [-0.39, 0.29) is 11.4 Å². The molecule has 1 aromatic rings. The Morgan fingerprint density at radius 2 is 1.87 bits per heavy atom. The molecule has 1 saturated carbocycles. The Bertz CT molecular complexity index is 1090. The number of piperidine rings is 1. The van der Waals surface area contributed by atoms with Crippen LogP contribution in [0.15, 0.2) is 73.1 Å². The molecule has 2 aliphatic rings. The summed E-state index contributed by atoms with van der Waals surface area (Å²) in [7, 11) is 0. The minimum atomic E-state index is -0.315. The topological polar surface area (TPSA) is 69.3 Å². The van der Waals surface area contributed by atoms with Gasteiger partial charge in [-0.25, -0.2) is 4.98 Å². The molecule has 1 aromatic heterocycles. The summed E-state index contributed by atoms with van der Waals surface area (Å²) in [4.78, 5) is 19.8. The summed E-state index contributed by atoms with van der Waals surface area (Å²) < 4.78 is 0. The summed E-state index contributed by atoms with van der Waals surface area (Å²) in [6.07, 6.45) is 18.7. The molecular weight excluding hydrogens is 482 g/mol. The van der Waals surface area contributed by atoms with Crippen molar-refractivity contribution in [1.29, 1.82) is 0 Å². The molecule has 0 spiro atoms. The van der Waals surface area contributed by atoms with Crippen LogP contribution in [0.5, 0.6) is 0 Å². The smallest absolute Gasteiger partial charge is 0.251 e. The van der Waals surface area contributed by atoms with E-state index < -0.39 is 0 Å². The number of carbonyl (C=O) groups excluding carboxylic acids is 1. The average Bonchev–Trinajstić information content (AvgIpc) is 2.90. The van der Waals surface area contributed by atoms with E-state index in [1.165, 1.54) is 25.7 Å². The number of carbonyl (C=O) groups is 1. The van der Waals surface area contributed by atoms with Gasteiger partial charge in [-0.15, -0.1) is 0 Å². The minimum absolute atomic E-state index is 0.129. The van der Waals surface area contributed by atoms with Gasteiger partial charge in [-0.1, -0.05) is 44.2 Å². The number of nitrogens with one attached hydrogen (secondary N) is 3. The van der Waals surface area contributed by atoms with E-state index in [4.69, 9.17) is 0 Å². The lowest BCUT2D eigenvalue weighted by atomic mass is 9.89. The standard InChI is InChI=1S/C33H49N5O/c1-8-14-24(4)38-20-13-15-28(23-38)35-29-16-11-12-17-30(29)36-31-22-27(18-19-34-31)25(9-2)21-26(10-3)32(39)37-33(5,6)7/h8-10,14,18-19,21-22,28-30,35H,3-4,11-13,15-17,20,23H2,1-2,5-7H3,(H,34,36)(H,37,39)/b14-8-,25-9+,26-21+/t28?,29-,30?/m1/s1. The quantitative estimate of drug-likeness (QED) is 0.241. The first-order chi connectivity index (χ1) is 18.6. The second-order valence-corrected chi connectivity index (χ2v) is 11.8. The number of nitrogens with zero attached hydrogens (tertiary/aromatic N) is 2. The molecule has 1 saturated heterocycles. The van der Waals surface area contributed by atoms with Crippen LogP contribution in [-0.2, 0) is 4.79 Å². The van der Waals surface area contributed by atoms with Crippen molar-refractivity contribution < 1.29 is 4.79 Å². The molecule has 2 heterocycles. The first kappa shape index (κ1) is 30.4. The van der Waals surface area contributed by atoms with Crippen molar-refractivity contribution in [3.8, 4) is 0 Å². The summed E-state index contributed by atoms with van der Waals surface area (Å²) in [5.74, 6) is 0.737. The van der Waals surface area contributed by atoms with Crippen molar-refractivity contribution in [2.45, 2.75) is 96.8 Å². The third-order valence-corrected chi connectivity index (χ3v) is 7.42. The maximum absolute atomic E-state index is 12.8. The van der Waals surface area contributed by atoms with Gasteiger partial charge in [0.2, 0.25) is 0 Å². The molecule has 1 aliphatic carbocycles. The molecule has 3 rings (SSSR count). The first-order valence-electron chi connectivity index (χ1n) is 14.5. The highest BCUT2D eigenvalue weighted by molar-refractivity contribution is 5.99. The molecule has 3 N–H and O–H groups in total. The van der Waals surface area contributed by atoms with Crippen molar-refractivity contribution in [2.75, 3.05) is 18.4 Å². The van der Waals surface area contributed by atoms with Gasteiger partial charge >= 0.3 is 0 Å². The van der Waals surface area contributed by atoms with E-state index in [2.05, 4.69) is 57.2 Å². The van der Waals surface area contributed by atoms with Crippen LogP contribution in [0.25, 0.3) is 5.57 Å². The highest BCUT2D eigenvalue weighted by Crippen LogP contribution is 2.26. The summed E-state index contributed by atoms with van der Waals surface area (Å²) in [6, 6.07) is 5.26. The summed E-state index contributed by atoms with van der Waals surface area (Å²) >= 11 is 0. The Morgan fingerprint density at radius 1 is 1.13 bits per heavy atom. The van der Waals surface area contributed by atoms with Gasteiger partial charge in [0.1, 0.15) is 5.82 Å². The number of rotatable bonds is 10. The Balaban J connectivity index is 1.71. The van der Waals surface area contributed by atoms with Gasteiger partial charge in [-0.2, -0.15) is 0 Å². The maximum Gasteiger partial charge on any atom is 0.251 e. The van der Waals surface area contributed by atoms with Gasteiger partial charge < -0.3 is 20.9 Å². The second kappa shape index (κ2) is 14.3. The molecule has 1 amide bonds. The zero-order chi connectivity index (χ0) is 28.4. The van der Waals surface area contributed by atoms with E-state index in [9.17, 15) is 4.79 Å². The lowest BCUT2D eigenvalue weighted by molar-refractivity contribution is -0.118. The van der Waals surface area contributed by atoms with Crippen LogP contribution in [-0.4, -0.2) is 52.5 Å². The number of amides is 1. The monoisotopic (exact) mass is 531 g/mol. The van der Waals surface area contributed by atoms with Gasteiger partial charge in [0.05, 0.1) is 0 Å². The summed E-state index contributed by atoms with van der Waals surface area (Å²) in [6.45, 7) is 20.2. The summed E-state index contributed by atoms with van der Waals surface area (Å²) in [5.41, 5.74) is 3.31. The molecule has 39 heavy (non-hydrogen) atoms. The number of hydrogen-bond donors (Lipinski definition) is 3. The van der Waals surface area contributed by atoms with E-state index in [1.807, 2.05) is 59.0 Å². The summed E-state index contributed by atoms with van der Waals surface area (Å²) in [5, 5.41) is 10.8. The predicted octanol–water partition coefficient (Wildman–Crippen LogP) is 6.38. The lowest BCUT2D eigenvalue weighted by Crippen LogP contribution is -2.54. The molecule has 3 atom stereocenters. The molecule has 6 nitrogen and oxygen atoms in total. The fourth-order valence-corrected chi connectivity index (χ4v) is 5.49. The predicted molar refractivity (Wildman–Crippen MR) is 165 cm³/mol. The molecule has 0 aromatic carbocycles. The van der Waals surface area contributed by atoms with Crippen LogP contribution >= 0.6 is 0 Å². The first-order valence-corrected chi connectivity index (χ1v) is 14.5. The van der Waals surface area contributed by atoms with Gasteiger partial charge in [-0.05, 0) is 95.7 Å². The highest BCUT2D eigenvalue weighted by Gasteiger charge is 2.29. The minimum Gasteiger partial charge on any atom is -0.370 e. The van der Waals surface area contributed by atoms with Gasteiger partial charge in [-0.3, -0.25) is 4.79 Å². The normalized spacial score (nSPS) is 23.0. The van der Waals surface area contributed by atoms with Crippen LogP contribution in [0.1, 0.15) is 78.7 Å². The van der Waals surface area contributed by atoms with Gasteiger partial charge in [0.15, 0.2) is 0 Å². The third kappa shape index (κ3) is 9.24. The second-order valence-electron chi connectivity index (χ2n) is 11.8. The molecule has 0 bridgehead atoms. The van der Waals surface area contributed by atoms with Crippen LogP contribution in [0, 0.1) is 0 Å². The molecule has 2 unspecified atom stereocenters. The van der Waals surface area contributed by atoms with Crippen molar-refractivity contribution in [3.05, 3.63) is 78.7 Å². The fourth-order valence-electron chi connectivity index (χ4n) is 5.49. The van der Waals surface area contributed by atoms with Crippen LogP contribution in [0.3, 0.4) is 0 Å².